The van der Waals surface area contributed by atoms with Gasteiger partial charge in [-0.2, -0.15) is 16.4 Å². The molecule has 0 aliphatic heterocycles. The second-order valence-corrected chi connectivity index (χ2v) is 7.28. The molecule has 0 saturated heterocycles. The normalized spacial score (nSPS) is 10.8. The smallest absolute Gasteiger partial charge is 0.337 e. The number of carboxylic acid groups (broad SMARTS) is 1. The monoisotopic (exact) mass is 389 g/mol. The van der Waals surface area contributed by atoms with Gasteiger partial charge >= 0.3 is 5.97 Å². The van der Waals surface area contributed by atoms with Crippen molar-refractivity contribution in [3.05, 3.63) is 82.2 Å². The molecule has 0 fully saturated rings. The molecule has 0 bridgehead atoms. The summed E-state index contributed by atoms with van der Waals surface area (Å²) in [7, 11) is 0. The van der Waals surface area contributed by atoms with E-state index in [9.17, 15) is 9.90 Å². The number of carboxylic acids is 1. The third-order valence-corrected chi connectivity index (χ3v) is 5.31. The van der Waals surface area contributed by atoms with E-state index in [1.807, 2.05) is 60.3 Å². The van der Waals surface area contributed by atoms with Crippen LogP contribution in [0.4, 0.5) is 11.5 Å². The van der Waals surface area contributed by atoms with Crippen LogP contribution in [0.25, 0.3) is 16.8 Å². The number of aromatic carboxylic acids is 1. The Kier molecular flexibility index (Phi) is 4.71. The largest absolute Gasteiger partial charge is 0.478 e. The lowest BCUT2D eigenvalue weighted by molar-refractivity contribution is 0.0698. The van der Waals surface area contributed by atoms with Crippen molar-refractivity contribution in [1.82, 2.24) is 9.78 Å². The SMILES string of the molecule is Cc1ccccc1-n1nc(C)c(-c2ccsc2)c1Nc1ccccc1C(=O)O. The van der Waals surface area contributed by atoms with Crippen LogP contribution in [-0.4, -0.2) is 20.9 Å². The van der Waals surface area contributed by atoms with E-state index in [1.165, 1.54) is 0 Å². The molecule has 2 heterocycles. The average molecular weight is 389 g/mol. The van der Waals surface area contributed by atoms with E-state index in [1.54, 1.807) is 29.5 Å². The molecule has 4 rings (SSSR count). The van der Waals surface area contributed by atoms with Crippen LogP contribution in [0.3, 0.4) is 0 Å². The fourth-order valence-corrected chi connectivity index (χ4v) is 3.92. The number of aromatic nitrogens is 2. The summed E-state index contributed by atoms with van der Waals surface area (Å²) >= 11 is 1.62. The van der Waals surface area contributed by atoms with Crippen LogP contribution in [-0.2, 0) is 0 Å². The van der Waals surface area contributed by atoms with E-state index in [4.69, 9.17) is 5.10 Å². The van der Waals surface area contributed by atoms with Gasteiger partial charge in [-0.3, -0.25) is 0 Å². The maximum atomic E-state index is 11.7. The number of hydrogen-bond acceptors (Lipinski definition) is 4. The Morgan fingerprint density at radius 2 is 1.82 bits per heavy atom. The van der Waals surface area contributed by atoms with Crippen LogP contribution >= 0.6 is 11.3 Å². The molecule has 2 aromatic heterocycles. The van der Waals surface area contributed by atoms with E-state index in [0.717, 1.165) is 33.9 Å². The molecule has 140 valence electrons. The highest BCUT2D eigenvalue weighted by atomic mass is 32.1. The van der Waals surface area contributed by atoms with E-state index < -0.39 is 5.97 Å². The summed E-state index contributed by atoms with van der Waals surface area (Å²) in [5, 5.41) is 21.8. The van der Waals surface area contributed by atoms with Gasteiger partial charge < -0.3 is 10.4 Å². The highest BCUT2D eigenvalue weighted by Crippen LogP contribution is 2.37. The van der Waals surface area contributed by atoms with Gasteiger partial charge in [-0.15, -0.1) is 0 Å². The number of rotatable bonds is 5. The molecule has 0 aliphatic carbocycles. The Hall–Kier alpha value is -3.38. The minimum absolute atomic E-state index is 0.217. The molecule has 0 unspecified atom stereocenters. The van der Waals surface area contributed by atoms with Crippen molar-refractivity contribution in [1.29, 1.82) is 0 Å². The third-order valence-electron chi connectivity index (χ3n) is 4.62. The first-order valence-electron chi connectivity index (χ1n) is 8.84. The first kappa shape index (κ1) is 18.0. The van der Waals surface area contributed by atoms with Crippen LogP contribution in [0, 0.1) is 13.8 Å². The summed E-state index contributed by atoms with van der Waals surface area (Å²) in [6, 6.07) is 16.9. The Bertz CT molecular complexity index is 1150. The van der Waals surface area contributed by atoms with Crippen molar-refractivity contribution in [3.8, 4) is 16.8 Å². The lowest BCUT2D eigenvalue weighted by atomic mass is 10.1. The van der Waals surface area contributed by atoms with Crippen molar-refractivity contribution in [2.24, 2.45) is 0 Å². The number of aryl methyl sites for hydroxylation is 2. The minimum atomic E-state index is -0.973. The van der Waals surface area contributed by atoms with Crippen molar-refractivity contribution < 1.29 is 9.90 Å². The van der Waals surface area contributed by atoms with Crippen molar-refractivity contribution in [2.45, 2.75) is 13.8 Å². The van der Waals surface area contributed by atoms with E-state index in [2.05, 4.69) is 10.7 Å². The standard InChI is InChI=1S/C22H19N3O2S/c1-14-7-3-6-10-19(14)25-21(20(15(2)24-25)16-11-12-28-13-16)23-18-9-5-4-8-17(18)22(26)27/h3-13,23H,1-2H3,(H,26,27). The van der Waals surface area contributed by atoms with Gasteiger partial charge in [0.05, 0.1) is 22.6 Å². The Labute approximate surface area is 166 Å². The third kappa shape index (κ3) is 3.18. The molecule has 0 spiro atoms. The number of carbonyl (C=O) groups is 1. The summed E-state index contributed by atoms with van der Waals surface area (Å²) in [6.07, 6.45) is 0. The number of anilines is 2. The quantitative estimate of drug-likeness (QED) is 0.462. The van der Waals surface area contributed by atoms with Crippen LogP contribution < -0.4 is 5.32 Å². The number of para-hydroxylation sites is 2. The molecule has 2 N–H and O–H groups in total. The van der Waals surface area contributed by atoms with Gasteiger partial charge in [0.1, 0.15) is 5.82 Å². The minimum Gasteiger partial charge on any atom is -0.478 e. The summed E-state index contributed by atoms with van der Waals surface area (Å²) in [5.41, 5.74) is 5.66. The number of nitrogens with zero attached hydrogens (tertiary/aromatic N) is 2. The second-order valence-electron chi connectivity index (χ2n) is 6.50. The topological polar surface area (TPSA) is 67.2 Å². The Balaban J connectivity index is 1.94. The van der Waals surface area contributed by atoms with Gasteiger partial charge in [0.15, 0.2) is 0 Å². The molecule has 28 heavy (non-hydrogen) atoms. The molecule has 0 saturated carbocycles. The second kappa shape index (κ2) is 7.32. The lowest BCUT2D eigenvalue weighted by Crippen LogP contribution is -2.08. The van der Waals surface area contributed by atoms with Gasteiger partial charge in [0.2, 0.25) is 0 Å². The van der Waals surface area contributed by atoms with E-state index in [0.29, 0.717) is 5.69 Å². The number of nitrogens with one attached hydrogen (secondary N) is 1. The molecule has 2 aromatic carbocycles. The average Bonchev–Trinajstić information content (AvgIpc) is 3.30. The maximum Gasteiger partial charge on any atom is 0.337 e. The fourth-order valence-electron chi connectivity index (χ4n) is 3.28. The zero-order chi connectivity index (χ0) is 19.7. The predicted molar refractivity (Wildman–Crippen MR) is 113 cm³/mol. The van der Waals surface area contributed by atoms with Gasteiger partial charge in [-0.1, -0.05) is 30.3 Å². The molecule has 0 atom stereocenters. The molecule has 0 amide bonds. The molecule has 0 aliphatic rings. The van der Waals surface area contributed by atoms with Gasteiger partial charge in [-0.05, 0) is 60.0 Å². The summed E-state index contributed by atoms with van der Waals surface area (Å²) in [4.78, 5) is 11.7. The van der Waals surface area contributed by atoms with Gasteiger partial charge in [-0.25, -0.2) is 9.48 Å². The maximum absolute atomic E-state index is 11.7. The van der Waals surface area contributed by atoms with Crippen molar-refractivity contribution >= 4 is 28.8 Å². The predicted octanol–water partition coefficient (Wildman–Crippen LogP) is 5.66. The Morgan fingerprint density at radius 3 is 2.54 bits per heavy atom. The lowest BCUT2D eigenvalue weighted by Gasteiger charge is -2.15. The molecule has 4 aromatic rings. The number of benzene rings is 2. The highest BCUT2D eigenvalue weighted by molar-refractivity contribution is 7.08. The first-order chi connectivity index (χ1) is 13.6. The zero-order valence-corrected chi connectivity index (χ0v) is 16.3. The van der Waals surface area contributed by atoms with Crippen LogP contribution in [0.5, 0.6) is 0 Å². The summed E-state index contributed by atoms with van der Waals surface area (Å²) in [6.45, 7) is 4.00. The molecular weight excluding hydrogens is 370 g/mol. The molecule has 5 nitrogen and oxygen atoms in total. The van der Waals surface area contributed by atoms with Crippen LogP contribution in [0.1, 0.15) is 21.6 Å². The van der Waals surface area contributed by atoms with E-state index in [-0.39, 0.29) is 5.56 Å². The van der Waals surface area contributed by atoms with Gasteiger partial charge in [0, 0.05) is 5.56 Å². The fraction of sp³-hybridized carbons (Fsp3) is 0.0909. The van der Waals surface area contributed by atoms with Crippen molar-refractivity contribution in [2.75, 3.05) is 5.32 Å². The molecule has 0 radical (unpaired) electrons. The number of hydrogen-bond donors (Lipinski definition) is 2. The highest BCUT2D eigenvalue weighted by Gasteiger charge is 2.21. The summed E-state index contributed by atoms with van der Waals surface area (Å²) in [5.74, 6) is -0.224. The van der Waals surface area contributed by atoms with Crippen LogP contribution in [0.2, 0.25) is 0 Å². The first-order valence-corrected chi connectivity index (χ1v) is 9.78. The van der Waals surface area contributed by atoms with Crippen LogP contribution in [0.15, 0.2) is 65.4 Å². The van der Waals surface area contributed by atoms with Crippen molar-refractivity contribution in [3.63, 3.8) is 0 Å². The summed E-state index contributed by atoms with van der Waals surface area (Å²) < 4.78 is 1.86. The molecular formula is C22H19N3O2S. The van der Waals surface area contributed by atoms with E-state index >= 15 is 0 Å². The van der Waals surface area contributed by atoms with Gasteiger partial charge in [0.25, 0.3) is 0 Å². The molecule has 6 heteroatoms. The number of thiophene rings is 1. The Morgan fingerprint density at radius 1 is 1.07 bits per heavy atom. The zero-order valence-electron chi connectivity index (χ0n) is 15.5.